The number of nitrogens with zero attached hydrogens (tertiary/aromatic N) is 3. The molecular formula is C16H26N4O4. The number of hydrogen-bond acceptors (Lipinski definition) is 5. The number of amides is 1. The van der Waals surface area contributed by atoms with Gasteiger partial charge in [0, 0.05) is 45.5 Å². The molecule has 2 rings (SSSR count). The van der Waals surface area contributed by atoms with Gasteiger partial charge in [-0.2, -0.15) is 0 Å². The van der Waals surface area contributed by atoms with E-state index in [-0.39, 0.29) is 18.6 Å². The smallest absolute Gasteiger partial charge is 0.331 e. The Morgan fingerprint density at radius 3 is 2.88 bits per heavy atom. The Morgan fingerprint density at radius 1 is 1.42 bits per heavy atom. The molecule has 1 saturated heterocycles. The van der Waals surface area contributed by atoms with Gasteiger partial charge in [0.1, 0.15) is 6.54 Å². The monoisotopic (exact) mass is 338 g/mol. The number of aromatic nitrogens is 2. The standard InChI is InChI=1S/C16H26N4O4/c1-12(2)9-19-6-7-24-13(10-19)8-17-14(21)11-20-5-4-15(22)18(3)16(20)23/h4-5,12-13H,6-11H2,1-3H3,(H,17,21). The van der Waals surface area contributed by atoms with Crippen molar-refractivity contribution in [1.29, 1.82) is 0 Å². The first kappa shape index (κ1) is 18.4. The van der Waals surface area contributed by atoms with Gasteiger partial charge in [-0.1, -0.05) is 13.8 Å². The fraction of sp³-hybridized carbons (Fsp3) is 0.688. The molecule has 1 fully saturated rings. The van der Waals surface area contributed by atoms with Crippen molar-refractivity contribution in [2.24, 2.45) is 13.0 Å². The summed E-state index contributed by atoms with van der Waals surface area (Å²) >= 11 is 0. The highest BCUT2D eigenvalue weighted by Crippen LogP contribution is 2.07. The topological polar surface area (TPSA) is 85.6 Å². The van der Waals surface area contributed by atoms with Crippen molar-refractivity contribution < 1.29 is 9.53 Å². The lowest BCUT2D eigenvalue weighted by Gasteiger charge is -2.33. The van der Waals surface area contributed by atoms with E-state index in [0.29, 0.717) is 19.1 Å². The normalized spacial score (nSPS) is 18.8. The molecule has 24 heavy (non-hydrogen) atoms. The summed E-state index contributed by atoms with van der Waals surface area (Å²) < 4.78 is 7.86. The molecule has 0 radical (unpaired) electrons. The molecule has 2 heterocycles. The second-order valence-corrected chi connectivity index (χ2v) is 6.57. The maximum atomic E-state index is 12.0. The van der Waals surface area contributed by atoms with Crippen LogP contribution >= 0.6 is 0 Å². The minimum atomic E-state index is -0.505. The third-order valence-electron chi connectivity index (χ3n) is 3.95. The van der Waals surface area contributed by atoms with Crippen molar-refractivity contribution in [2.45, 2.75) is 26.5 Å². The van der Waals surface area contributed by atoms with E-state index in [2.05, 4.69) is 24.1 Å². The summed E-state index contributed by atoms with van der Waals surface area (Å²) in [5.41, 5.74) is -0.896. The van der Waals surface area contributed by atoms with Crippen molar-refractivity contribution in [3.63, 3.8) is 0 Å². The number of rotatable bonds is 6. The van der Waals surface area contributed by atoms with Crippen LogP contribution in [0.1, 0.15) is 13.8 Å². The van der Waals surface area contributed by atoms with E-state index in [0.717, 1.165) is 24.2 Å². The van der Waals surface area contributed by atoms with Gasteiger partial charge in [0.25, 0.3) is 5.56 Å². The fourth-order valence-electron chi connectivity index (χ4n) is 2.76. The molecule has 1 N–H and O–H groups in total. The first-order valence-corrected chi connectivity index (χ1v) is 8.24. The van der Waals surface area contributed by atoms with Gasteiger partial charge >= 0.3 is 5.69 Å². The number of morpholine rings is 1. The highest BCUT2D eigenvalue weighted by Gasteiger charge is 2.21. The van der Waals surface area contributed by atoms with Crippen LogP contribution in [0.2, 0.25) is 0 Å². The number of hydrogen-bond donors (Lipinski definition) is 1. The predicted octanol–water partition coefficient (Wildman–Crippen LogP) is -0.980. The highest BCUT2D eigenvalue weighted by molar-refractivity contribution is 5.75. The van der Waals surface area contributed by atoms with Crippen molar-refractivity contribution in [3.05, 3.63) is 33.1 Å². The SMILES string of the molecule is CC(C)CN1CCOC(CNC(=O)Cn2ccc(=O)n(C)c2=O)C1. The van der Waals surface area contributed by atoms with Crippen LogP contribution in [0.3, 0.4) is 0 Å². The summed E-state index contributed by atoms with van der Waals surface area (Å²) in [6, 6.07) is 1.27. The van der Waals surface area contributed by atoms with E-state index < -0.39 is 11.2 Å². The minimum Gasteiger partial charge on any atom is -0.374 e. The van der Waals surface area contributed by atoms with Gasteiger partial charge in [0.2, 0.25) is 5.91 Å². The number of carbonyl (C=O) groups is 1. The van der Waals surface area contributed by atoms with Gasteiger partial charge in [-0.05, 0) is 5.92 Å². The first-order chi connectivity index (χ1) is 11.4. The Hall–Kier alpha value is -1.93. The maximum Gasteiger partial charge on any atom is 0.331 e. The summed E-state index contributed by atoms with van der Waals surface area (Å²) in [7, 11) is 1.39. The van der Waals surface area contributed by atoms with Gasteiger partial charge in [-0.15, -0.1) is 0 Å². The Labute approximate surface area is 141 Å². The molecule has 0 aliphatic carbocycles. The largest absolute Gasteiger partial charge is 0.374 e. The van der Waals surface area contributed by atoms with E-state index in [9.17, 15) is 14.4 Å². The summed E-state index contributed by atoms with van der Waals surface area (Å²) in [4.78, 5) is 37.6. The van der Waals surface area contributed by atoms with Gasteiger partial charge < -0.3 is 10.1 Å². The molecular weight excluding hydrogens is 312 g/mol. The number of carbonyl (C=O) groups excluding carboxylic acids is 1. The quantitative estimate of drug-likeness (QED) is 0.721. The third kappa shape index (κ3) is 5.04. The molecule has 1 unspecified atom stereocenters. The zero-order valence-corrected chi connectivity index (χ0v) is 14.5. The van der Waals surface area contributed by atoms with E-state index >= 15 is 0 Å². The second kappa shape index (κ2) is 8.25. The number of nitrogens with one attached hydrogen (secondary N) is 1. The van der Waals surface area contributed by atoms with Crippen LogP contribution in [0, 0.1) is 5.92 Å². The Balaban J connectivity index is 1.84. The molecule has 1 aliphatic heterocycles. The van der Waals surface area contributed by atoms with E-state index in [4.69, 9.17) is 4.74 Å². The molecule has 0 saturated carbocycles. The van der Waals surface area contributed by atoms with Crippen LogP contribution in [0.4, 0.5) is 0 Å². The van der Waals surface area contributed by atoms with Crippen molar-refractivity contribution >= 4 is 5.91 Å². The lowest BCUT2D eigenvalue weighted by atomic mass is 10.2. The molecule has 1 aromatic rings. The molecule has 1 amide bonds. The zero-order valence-electron chi connectivity index (χ0n) is 14.5. The first-order valence-electron chi connectivity index (χ1n) is 8.24. The maximum absolute atomic E-state index is 12.0. The summed E-state index contributed by atoms with van der Waals surface area (Å²) in [6.45, 7) is 8.03. The lowest BCUT2D eigenvalue weighted by Crippen LogP contribution is -2.49. The highest BCUT2D eigenvalue weighted by atomic mass is 16.5. The molecule has 1 aliphatic rings. The Kier molecular flexibility index (Phi) is 6.33. The molecule has 0 aromatic carbocycles. The van der Waals surface area contributed by atoms with Crippen LogP contribution in [-0.2, 0) is 23.1 Å². The average Bonchev–Trinajstić information content (AvgIpc) is 2.53. The Morgan fingerprint density at radius 2 is 2.17 bits per heavy atom. The van der Waals surface area contributed by atoms with Crippen LogP contribution < -0.4 is 16.6 Å². The summed E-state index contributed by atoms with van der Waals surface area (Å²) in [5, 5.41) is 2.80. The van der Waals surface area contributed by atoms with Gasteiger partial charge in [-0.3, -0.25) is 23.6 Å². The minimum absolute atomic E-state index is 0.0432. The molecule has 8 nitrogen and oxygen atoms in total. The van der Waals surface area contributed by atoms with Crippen LogP contribution in [-0.4, -0.2) is 58.8 Å². The Bertz CT molecular complexity index is 679. The third-order valence-corrected chi connectivity index (χ3v) is 3.95. The van der Waals surface area contributed by atoms with E-state index in [1.807, 2.05) is 0 Å². The summed E-state index contributed by atoms with van der Waals surface area (Å²) in [6.07, 6.45) is 1.30. The summed E-state index contributed by atoms with van der Waals surface area (Å²) in [5.74, 6) is 0.315. The van der Waals surface area contributed by atoms with Crippen molar-refractivity contribution in [2.75, 3.05) is 32.8 Å². The van der Waals surface area contributed by atoms with Crippen LogP contribution in [0.5, 0.6) is 0 Å². The molecule has 0 spiro atoms. The number of ether oxygens (including phenoxy) is 1. The molecule has 134 valence electrons. The van der Waals surface area contributed by atoms with E-state index in [1.165, 1.54) is 23.9 Å². The zero-order chi connectivity index (χ0) is 17.7. The van der Waals surface area contributed by atoms with Gasteiger partial charge in [-0.25, -0.2) is 4.79 Å². The average molecular weight is 338 g/mol. The molecule has 8 heteroatoms. The second-order valence-electron chi connectivity index (χ2n) is 6.57. The fourth-order valence-corrected chi connectivity index (χ4v) is 2.76. The molecule has 0 bridgehead atoms. The molecule has 1 aromatic heterocycles. The van der Waals surface area contributed by atoms with Crippen molar-refractivity contribution in [3.8, 4) is 0 Å². The lowest BCUT2D eigenvalue weighted by molar-refractivity contribution is -0.123. The van der Waals surface area contributed by atoms with Crippen LogP contribution in [0.15, 0.2) is 21.9 Å². The van der Waals surface area contributed by atoms with Gasteiger partial charge in [0.05, 0.1) is 12.7 Å². The van der Waals surface area contributed by atoms with Gasteiger partial charge in [0.15, 0.2) is 0 Å². The van der Waals surface area contributed by atoms with Crippen LogP contribution in [0.25, 0.3) is 0 Å². The van der Waals surface area contributed by atoms with E-state index in [1.54, 1.807) is 0 Å². The predicted molar refractivity (Wildman–Crippen MR) is 90.0 cm³/mol. The molecule has 1 atom stereocenters. The van der Waals surface area contributed by atoms with Crippen molar-refractivity contribution in [1.82, 2.24) is 19.4 Å².